The van der Waals surface area contributed by atoms with Crippen LogP contribution in [0, 0.1) is 6.92 Å². The summed E-state index contributed by atoms with van der Waals surface area (Å²) in [7, 11) is 0. The molecule has 0 aliphatic carbocycles. The molecular weight excluding hydrogens is 341 g/mol. The summed E-state index contributed by atoms with van der Waals surface area (Å²) < 4.78 is 0. The number of hydrogen-bond acceptors (Lipinski definition) is 3. The molecule has 2 aromatic rings. The summed E-state index contributed by atoms with van der Waals surface area (Å²) in [5, 5.41) is 4.79. The van der Waals surface area contributed by atoms with Crippen LogP contribution in [0.3, 0.4) is 0 Å². The van der Waals surface area contributed by atoms with Crippen LogP contribution >= 0.6 is 24.8 Å². The Morgan fingerprint density at radius 1 is 1.17 bits per heavy atom. The van der Waals surface area contributed by atoms with E-state index in [1.807, 2.05) is 0 Å². The lowest BCUT2D eigenvalue weighted by atomic mass is 10.0. The molecule has 2 heterocycles. The second-order valence-corrected chi connectivity index (χ2v) is 6.39. The number of rotatable bonds is 5. The average molecular weight is 370 g/mol. The first-order valence-corrected chi connectivity index (χ1v) is 8.58. The Labute approximate surface area is 158 Å². The average Bonchev–Trinajstić information content (AvgIpc) is 2.55. The lowest BCUT2D eigenvalue weighted by Crippen LogP contribution is -2.43. The van der Waals surface area contributed by atoms with Crippen molar-refractivity contribution in [2.45, 2.75) is 45.7 Å². The molecule has 0 radical (unpaired) electrons. The van der Waals surface area contributed by atoms with E-state index in [1.165, 1.54) is 36.8 Å². The normalized spacial score (nSPS) is 15.1. The summed E-state index contributed by atoms with van der Waals surface area (Å²) in [5.74, 6) is 0. The van der Waals surface area contributed by atoms with Crippen molar-refractivity contribution in [3.05, 3.63) is 41.6 Å². The SMILES string of the molecule is CCCN(Cc1cc(C)nc2ccccc12)C1CCNCC1.Cl.Cl. The molecule has 0 amide bonds. The molecule has 1 aromatic heterocycles. The zero-order chi connectivity index (χ0) is 15.4. The number of hydrogen-bond donors (Lipinski definition) is 1. The van der Waals surface area contributed by atoms with E-state index >= 15 is 0 Å². The summed E-state index contributed by atoms with van der Waals surface area (Å²) in [6, 6.07) is 11.5. The first-order valence-electron chi connectivity index (χ1n) is 8.58. The lowest BCUT2D eigenvalue weighted by Gasteiger charge is -2.34. The number of fused-ring (bicyclic) bond motifs is 1. The second-order valence-electron chi connectivity index (χ2n) is 6.39. The van der Waals surface area contributed by atoms with Gasteiger partial charge in [0.05, 0.1) is 5.52 Å². The maximum Gasteiger partial charge on any atom is 0.0708 e. The molecule has 3 rings (SSSR count). The van der Waals surface area contributed by atoms with Crippen molar-refractivity contribution in [1.29, 1.82) is 0 Å². The van der Waals surface area contributed by atoms with E-state index in [4.69, 9.17) is 0 Å². The van der Waals surface area contributed by atoms with Gasteiger partial charge in [-0.05, 0) is 63.5 Å². The Bertz CT molecular complexity index is 627. The molecule has 1 N–H and O–H groups in total. The lowest BCUT2D eigenvalue weighted by molar-refractivity contribution is 0.154. The Morgan fingerprint density at radius 2 is 1.88 bits per heavy atom. The van der Waals surface area contributed by atoms with E-state index < -0.39 is 0 Å². The van der Waals surface area contributed by atoms with E-state index in [2.05, 4.69) is 59.4 Å². The molecule has 5 heteroatoms. The fourth-order valence-electron chi connectivity index (χ4n) is 3.59. The number of halogens is 2. The Balaban J connectivity index is 0.00000144. The molecule has 0 atom stereocenters. The molecule has 0 unspecified atom stereocenters. The Kier molecular flexibility index (Phi) is 8.99. The Morgan fingerprint density at radius 3 is 2.58 bits per heavy atom. The maximum absolute atomic E-state index is 4.67. The summed E-state index contributed by atoms with van der Waals surface area (Å²) in [4.78, 5) is 7.36. The second kappa shape index (κ2) is 10.2. The fourth-order valence-corrected chi connectivity index (χ4v) is 3.59. The highest BCUT2D eigenvalue weighted by molar-refractivity contribution is 5.85. The maximum atomic E-state index is 4.67. The molecule has 1 saturated heterocycles. The van der Waals surface area contributed by atoms with Crippen molar-refractivity contribution in [3.63, 3.8) is 0 Å². The van der Waals surface area contributed by atoms with Crippen molar-refractivity contribution in [2.75, 3.05) is 19.6 Å². The first-order chi connectivity index (χ1) is 10.8. The molecule has 0 bridgehead atoms. The highest BCUT2D eigenvalue weighted by atomic mass is 35.5. The van der Waals surface area contributed by atoms with Crippen LogP contribution in [0.2, 0.25) is 0 Å². The van der Waals surface area contributed by atoms with E-state index in [0.29, 0.717) is 6.04 Å². The predicted molar refractivity (Wildman–Crippen MR) is 108 cm³/mol. The largest absolute Gasteiger partial charge is 0.317 e. The van der Waals surface area contributed by atoms with Gasteiger partial charge in [0.2, 0.25) is 0 Å². The molecular formula is C19H29Cl2N3. The van der Waals surface area contributed by atoms with E-state index in [-0.39, 0.29) is 24.8 Å². The molecule has 1 aliphatic rings. The molecule has 0 spiro atoms. The minimum absolute atomic E-state index is 0. The van der Waals surface area contributed by atoms with Gasteiger partial charge >= 0.3 is 0 Å². The van der Waals surface area contributed by atoms with Gasteiger partial charge in [-0.15, -0.1) is 24.8 Å². The molecule has 24 heavy (non-hydrogen) atoms. The molecule has 3 nitrogen and oxygen atoms in total. The van der Waals surface area contributed by atoms with E-state index in [9.17, 15) is 0 Å². The molecule has 1 fully saturated rings. The van der Waals surface area contributed by atoms with Crippen LogP contribution in [-0.4, -0.2) is 35.6 Å². The third kappa shape index (κ3) is 5.06. The standard InChI is InChI=1S/C19H27N3.2ClH/c1-3-12-22(17-8-10-20-11-9-17)14-16-13-15(2)21-19-7-5-4-6-18(16)19;;/h4-7,13,17,20H,3,8-12,14H2,1-2H3;2*1H. The van der Waals surface area contributed by atoms with Gasteiger partial charge in [0, 0.05) is 23.7 Å². The molecule has 1 aromatic carbocycles. The van der Waals surface area contributed by atoms with Gasteiger partial charge < -0.3 is 5.32 Å². The van der Waals surface area contributed by atoms with Crippen molar-refractivity contribution >= 4 is 35.7 Å². The van der Waals surface area contributed by atoms with Crippen molar-refractivity contribution < 1.29 is 0 Å². The number of nitrogens with zero attached hydrogens (tertiary/aromatic N) is 2. The van der Waals surface area contributed by atoms with Gasteiger partial charge in [0.25, 0.3) is 0 Å². The summed E-state index contributed by atoms with van der Waals surface area (Å²) in [6.45, 7) is 8.92. The minimum Gasteiger partial charge on any atom is -0.317 e. The molecule has 1 aliphatic heterocycles. The summed E-state index contributed by atoms with van der Waals surface area (Å²) in [6.07, 6.45) is 3.75. The number of aromatic nitrogens is 1. The van der Waals surface area contributed by atoms with Crippen LogP contribution in [0.1, 0.15) is 37.4 Å². The number of piperidine rings is 1. The van der Waals surface area contributed by atoms with Crippen LogP contribution < -0.4 is 5.32 Å². The smallest absolute Gasteiger partial charge is 0.0708 e. The van der Waals surface area contributed by atoms with Crippen LogP contribution in [0.15, 0.2) is 30.3 Å². The van der Waals surface area contributed by atoms with Gasteiger partial charge in [0.15, 0.2) is 0 Å². The van der Waals surface area contributed by atoms with Crippen molar-refractivity contribution in [3.8, 4) is 0 Å². The van der Waals surface area contributed by atoms with Gasteiger partial charge in [0.1, 0.15) is 0 Å². The zero-order valence-corrected chi connectivity index (χ0v) is 16.3. The highest BCUT2D eigenvalue weighted by Crippen LogP contribution is 2.22. The van der Waals surface area contributed by atoms with E-state index in [1.54, 1.807) is 0 Å². The third-order valence-corrected chi connectivity index (χ3v) is 4.64. The number of nitrogens with one attached hydrogen (secondary N) is 1. The van der Waals surface area contributed by atoms with Crippen LogP contribution in [-0.2, 0) is 6.54 Å². The molecule has 134 valence electrons. The molecule has 0 saturated carbocycles. The summed E-state index contributed by atoms with van der Waals surface area (Å²) >= 11 is 0. The van der Waals surface area contributed by atoms with Gasteiger partial charge in [-0.25, -0.2) is 0 Å². The van der Waals surface area contributed by atoms with Crippen LogP contribution in [0.25, 0.3) is 10.9 Å². The number of benzene rings is 1. The predicted octanol–water partition coefficient (Wildman–Crippen LogP) is 4.35. The zero-order valence-electron chi connectivity index (χ0n) is 14.6. The number of pyridine rings is 1. The minimum atomic E-state index is 0. The Hall–Kier alpha value is -0.870. The number of para-hydroxylation sites is 1. The van der Waals surface area contributed by atoms with Crippen molar-refractivity contribution in [2.24, 2.45) is 0 Å². The van der Waals surface area contributed by atoms with Gasteiger partial charge in [-0.3, -0.25) is 9.88 Å². The first kappa shape index (κ1) is 21.2. The quantitative estimate of drug-likeness (QED) is 0.848. The highest BCUT2D eigenvalue weighted by Gasteiger charge is 2.21. The third-order valence-electron chi connectivity index (χ3n) is 4.64. The van der Waals surface area contributed by atoms with Crippen LogP contribution in [0.5, 0.6) is 0 Å². The van der Waals surface area contributed by atoms with Gasteiger partial charge in [-0.2, -0.15) is 0 Å². The fraction of sp³-hybridized carbons (Fsp3) is 0.526. The van der Waals surface area contributed by atoms with Crippen LogP contribution in [0.4, 0.5) is 0 Å². The van der Waals surface area contributed by atoms with E-state index in [0.717, 1.165) is 30.8 Å². The monoisotopic (exact) mass is 369 g/mol. The van der Waals surface area contributed by atoms with Crippen molar-refractivity contribution in [1.82, 2.24) is 15.2 Å². The number of aryl methyl sites for hydroxylation is 1. The summed E-state index contributed by atoms with van der Waals surface area (Å²) in [5.41, 5.74) is 3.67. The topological polar surface area (TPSA) is 28.2 Å². The van der Waals surface area contributed by atoms with Gasteiger partial charge in [-0.1, -0.05) is 25.1 Å².